The van der Waals surface area contributed by atoms with Gasteiger partial charge in [-0.1, -0.05) is 0 Å². The Hall–Kier alpha value is -2.43. The van der Waals surface area contributed by atoms with Gasteiger partial charge in [0, 0.05) is 50.3 Å². The summed E-state index contributed by atoms with van der Waals surface area (Å²) in [6.45, 7) is 3.79. The van der Waals surface area contributed by atoms with Crippen LogP contribution in [0, 0.1) is 11.8 Å². The standard InChI is InChI=1S/C18H20N4O/c23-18(14-3-7-19-8-4-14)22-11-15-5-9-21(12-16(15)13-22)17-2-1-6-20-10-17/h1-4,6-8,10,15-16H,5,9,11-13H2/t15-,16+/m1/s1. The van der Waals surface area contributed by atoms with Crippen LogP contribution >= 0.6 is 0 Å². The van der Waals surface area contributed by atoms with E-state index in [9.17, 15) is 4.79 Å². The minimum atomic E-state index is 0.134. The number of hydrogen-bond donors (Lipinski definition) is 0. The van der Waals surface area contributed by atoms with Gasteiger partial charge in [0.05, 0.1) is 11.9 Å². The van der Waals surface area contributed by atoms with Gasteiger partial charge in [-0.05, 0) is 42.5 Å². The van der Waals surface area contributed by atoms with Gasteiger partial charge in [0.15, 0.2) is 0 Å². The number of nitrogens with zero attached hydrogens (tertiary/aromatic N) is 4. The lowest BCUT2D eigenvalue weighted by molar-refractivity contribution is 0.0784. The summed E-state index contributed by atoms with van der Waals surface area (Å²) >= 11 is 0. The quantitative estimate of drug-likeness (QED) is 0.852. The van der Waals surface area contributed by atoms with Crippen molar-refractivity contribution in [2.45, 2.75) is 6.42 Å². The van der Waals surface area contributed by atoms with E-state index in [1.54, 1.807) is 30.7 Å². The zero-order valence-electron chi connectivity index (χ0n) is 13.0. The topological polar surface area (TPSA) is 49.3 Å². The first-order valence-corrected chi connectivity index (χ1v) is 8.15. The van der Waals surface area contributed by atoms with Crippen molar-refractivity contribution in [2.75, 3.05) is 31.1 Å². The number of fused-ring (bicyclic) bond motifs is 1. The van der Waals surface area contributed by atoms with E-state index < -0.39 is 0 Å². The molecule has 0 radical (unpaired) electrons. The van der Waals surface area contributed by atoms with Crippen molar-refractivity contribution >= 4 is 11.6 Å². The highest BCUT2D eigenvalue weighted by Crippen LogP contribution is 2.33. The first kappa shape index (κ1) is 14.2. The Kier molecular flexibility index (Phi) is 3.69. The molecule has 2 atom stereocenters. The summed E-state index contributed by atoms with van der Waals surface area (Å²) in [5.74, 6) is 1.30. The van der Waals surface area contributed by atoms with Gasteiger partial charge in [-0.2, -0.15) is 0 Å². The zero-order valence-corrected chi connectivity index (χ0v) is 13.0. The predicted octanol–water partition coefficient (Wildman–Crippen LogP) is 2.08. The molecule has 0 aliphatic carbocycles. The van der Waals surface area contributed by atoms with Gasteiger partial charge in [0.1, 0.15) is 0 Å². The Morgan fingerprint density at radius 3 is 2.61 bits per heavy atom. The van der Waals surface area contributed by atoms with Crippen LogP contribution in [-0.4, -0.2) is 47.0 Å². The van der Waals surface area contributed by atoms with Gasteiger partial charge in [-0.3, -0.25) is 14.8 Å². The average Bonchev–Trinajstić information content (AvgIpc) is 3.06. The van der Waals surface area contributed by atoms with Crippen molar-refractivity contribution < 1.29 is 4.79 Å². The second-order valence-electron chi connectivity index (χ2n) is 6.41. The molecule has 23 heavy (non-hydrogen) atoms. The number of aromatic nitrogens is 2. The number of carbonyl (C=O) groups excluding carboxylic acids is 1. The Morgan fingerprint density at radius 1 is 1.00 bits per heavy atom. The summed E-state index contributed by atoms with van der Waals surface area (Å²) in [7, 11) is 0. The van der Waals surface area contributed by atoms with Crippen molar-refractivity contribution in [1.82, 2.24) is 14.9 Å². The van der Waals surface area contributed by atoms with Gasteiger partial charge in [0.2, 0.25) is 0 Å². The van der Waals surface area contributed by atoms with E-state index in [0.29, 0.717) is 11.8 Å². The van der Waals surface area contributed by atoms with Crippen LogP contribution in [0.15, 0.2) is 49.1 Å². The van der Waals surface area contributed by atoms with Crippen molar-refractivity contribution in [3.63, 3.8) is 0 Å². The predicted molar refractivity (Wildman–Crippen MR) is 88.2 cm³/mol. The Bertz CT molecular complexity index is 676. The third-order valence-corrected chi connectivity index (χ3v) is 5.03. The van der Waals surface area contributed by atoms with Crippen LogP contribution in [0.1, 0.15) is 16.8 Å². The lowest BCUT2D eigenvalue weighted by atomic mass is 9.88. The number of anilines is 1. The molecule has 5 nitrogen and oxygen atoms in total. The number of rotatable bonds is 2. The summed E-state index contributed by atoms with van der Waals surface area (Å²) < 4.78 is 0. The Labute approximate surface area is 136 Å². The number of hydrogen-bond acceptors (Lipinski definition) is 4. The molecule has 0 N–H and O–H groups in total. The van der Waals surface area contributed by atoms with Crippen LogP contribution in [-0.2, 0) is 0 Å². The van der Waals surface area contributed by atoms with Crippen LogP contribution in [0.4, 0.5) is 5.69 Å². The monoisotopic (exact) mass is 308 g/mol. The highest BCUT2D eigenvalue weighted by molar-refractivity contribution is 5.94. The van der Waals surface area contributed by atoms with Crippen LogP contribution in [0.2, 0.25) is 0 Å². The fourth-order valence-corrected chi connectivity index (χ4v) is 3.79. The molecule has 2 aliphatic rings. The SMILES string of the molecule is O=C(c1ccncc1)N1C[C@H]2CCN(c3cccnc3)C[C@H]2C1. The molecule has 1 amide bonds. The van der Waals surface area contributed by atoms with E-state index in [1.165, 1.54) is 5.69 Å². The van der Waals surface area contributed by atoms with Gasteiger partial charge in [0.25, 0.3) is 5.91 Å². The number of pyridine rings is 2. The molecule has 4 rings (SSSR count). The molecule has 2 aliphatic heterocycles. The summed E-state index contributed by atoms with van der Waals surface area (Å²) in [4.78, 5) is 25.2. The number of piperidine rings is 1. The van der Waals surface area contributed by atoms with E-state index in [1.807, 2.05) is 17.2 Å². The number of likely N-dealkylation sites (tertiary alicyclic amines) is 1. The first-order chi connectivity index (χ1) is 11.3. The van der Waals surface area contributed by atoms with Crippen LogP contribution in [0.25, 0.3) is 0 Å². The number of carbonyl (C=O) groups is 1. The molecule has 0 aromatic carbocycles. The maximum Gasteiger partial charge on any atom is 0.253 e. The smallest absolute Gasteiger partial charge is 0.253 e. The summed E-state index contributed by atoms with van der Waals surface area (Å²) in [5.41, 5.74) is 1.92. The molecule has 118 valence electrons. The van der Waals surface area contributed by atoms with Crippen molar-refractivity contribution in [3.8, 4) is 0 Å². The molecule has 2 aromatic heterocycles. The summed E-state index contributed by atoms with van der Waals surface area (Å²) in [6, 6.07) is 7.69. The molecular weight excluding hydrogens is 288 g/mol. The first-order valence-electron chi connectivity index (χ1n) is 8.15. The molecule has 2 saturated heterocycles. The van der Waals surface area contributed by atoms with Gasteiger partial charge < -0.3 is 9.80 Å². The third-order valence-electron chi connectivity index (χ3n) is 5.03. The van der Waals surface area contributed by atoms with E-state index in [2.05, 4.69) is 20.9 Å². The molecule has 5 heteroatoms. The maximum atomic E-state index is 12.6. The van der Waals surface area contributed by atoms with E-state index in [4.69, 9.17) is 0 Å². The lowest BCUT2D eigenvalue weighted by Gasteiger charge is -2.35. The summed E-state index contributed by atoms with van der Waals surface area (Å²) in [6.07, 6.45) is 8.23. The maximum absolute atomic E-state index is 12.6. The Balaban J connectivity index is 1.45. The molecule has 0 saturated carbocycles. The van der Waals surface area contributed by atoms with E-state index in [-0.39, 0.29) is 5.91 Å². The molecular formula is C18H20N4O. The van der Waals surface area contributed by atoms with Crippen LogP contribution < -0.4 is 4.90 Å². The fraction of sp³-hybridized carbons (Fsp3) is 0.389. The van der Waals surface area contributed by atoms with Gasteiger partial charge in [-0.15, -0.1) is 0 Å². The normalized spacial score (nSPS) is 23.7. The zero-order chi connectivity index (χ0) is 15.6. The fourth-order valence-electron chi connectivity index (χ4n) is 3.79. The second-order valence-corrected chi connectivity index (χ2v) is 6.41. The van der Waals surface area contributed by atoms with E-state index in [0.717, 1.165) is 38.2 Å². The van der Waals surface area contributed by atoms with Crippen LogP contribution in [0.5, 0.6) is 0 Å². The van der Waals surface area contributed by atoms with E-state index >= 15 is 0 Å². The van der Waals surface area contributed by atoms with Gasteiger partial charge in [-0.25, -0.2) is 0 Å². The average molecular weight is 308 g/mol. The molecule has 0 bridgehead atoms. The lowest BCUT2D eigenvalue weighted by Crippen LogP contribution is -2.40. The van der Waals surface area contributed by atoms with Crippen molar-refractivity contribution in [1.29, 1.82) is 0 Å². The Morgan fingerprint density at radius 2 is 1.83 bits per heavy atom. The minimum absolute atomic E-state index is 0.134. The minimum Gasteiger partial charge on any atom is -0.370 e. The molecule has 2 aromatic rings. The highest BCUT2D eigenvalue weighted by atomic mass is 16.2. The van der Waals surface area contributed by atoms with Crippen LogP contribution in [0.3, 0.4) is 0 Å². The second kappa shape index (κ2) is 5.99. The largest absolute Gasteiger partial charge is 0.370 e. The molecule has 0 unspecified atom stereocenters. The number of amides is 1. The molecule has 0 spiro atoms. The molecule has 2 fully saturated rings. The molecule has 4 heterocycles. The third kappa shape index (κ3) is 2.79. The summed E-state index contributed by atoms with van der Waals surface area (Å²) in [5, 5.41) is 0. The van der Waals surface area contributed by atoms with Gasteiger partial charge >= 0.3 is 0 Å². The van der Waals surface area contributed by atoms with Crippen molar-refractivity contribution in [2.24, 2.45) is 11.8 Å². The van der Waals surface area contributed by atoms with Crippen molar-refractivity contribution in [3.05, 3.63) is 54.6 Å². The highest BCUT2D eigenvalue weighted by Gasteiger charge is 2.39.